The van der Waals surface area contributed by atoms with Crippen LogP contribution in [0.1, 0.15) is 32.1 Å². The largest absolute Gasteiger partial charge is 0.271 e. The molecule has 3 N–H and O–H groups in total. The number of hydrogen-bond acceptors (Lipinski definition) is 2. The van der Waals surface area contributed by atoms with Gasteiger partial charge in [-0.1, -0.05) is 6.08 Å². The lowest BCUT2D eigenvalue weighted by Gasteiger charge is -2.32. The second-order valence-corrected chi connectivity index (χ2v) is 3.99. The van der Waals surface area contributed by atoms with E-state index in [1.165, 1.54) is 0 Å². The average Bonchev–Trinajstić information content (AvgIpc) is 2.15. The van der Waals surface area contributed by atoms with Crippen molar-refractivity contribution in [3.05, 3.63) is 12.7 Å². The Kier molecular flexibility index (Phi) is 4.01. The Balaban J connectivity index is 2.42. The highest BCUT2D eigenvalue weighted by Crippen LogP contribution is 2.37. The molecule has 1 saturated carbocycles. The number of rotatable bonds is 4. The molecular formula is C10H18F2N2. The van der Waals surface area contributed by atoms with Crippen LogP contribution in [0.3, 0.4) is 0 Å². The Morgan fingerprint density at radius 1 is 1.50 bits per heavy atom. The number of nitrogens with one attached hydrogen (secondary N) is 1. The van der Waals surface area contributed by atoms with E-state index in [-0.39, 0.29) is 24.8 Å². The van der Waals surface area contributed by atoms with E-state index in [1.54, 1.807) is 6.08 Å². The minimum absolute atomic E-state index is 0.00695. The van der Waals surface area contributed by atoms with Crippen LogP contribution in [0.5, 0.6) is 0 Å². The Labute approximate surface area is 83.5 Å². The van der Waals surface area contributed by atoms with E-state index in [4.69, 9.17) is 5.84 Å². The molecular weight excluding hydrogens is 186 g/mol. The summed E-state index contributed by atoms with van der Waals surface area (Å²) in [6, 6.07) is 0.101. The summed E-state index contributed by atoms with van der Waals surface area (Å²) >= 11 is 0. The molecule has 0 amide bonds. The predicted octanol–water partition coefficient (Wildman–Crippen LogP) is 2.22. The predicted molar refractivity (Wildman–Crippen MR) is 52.8 cm³/mol. The van der Waals surface area contributed by atoms with E-state index in [0.717, 1.165) is 6.42 Å². The van der Waals surface area contributed by atoms with Crippen LogP contribution in [0, 0.1) is 5.92 Å². The van der Waals surface area contributed by atoms with Gasteiger partial charge < -0.3 is 0 Å². The van der Waals surface area contributed by atoms with Gasteiger partial charge in [0.1, 0.15) is 0 Å². The Morgan fingerprint density at radius 2 is 2.07 bits per heavy atom. The molecule has 0 heterocycles. The smallest absolute Gasteiger partial charge is 0.248 e. The van der Waals surface area contributed by atoms with E-state index >= 15 is 0 Å². The van der Waals surface area contributed by atoms with Crippen LogP contribution in [-0.2, 0) is 0 Å². The number of nitrogens with two attached hydrogens (primary N) is 1. The summed E-state index contributed by atoms with van der Waals surface area (Å²) in [6.07, 6.45) is 3.61. The molecule has 82 valence electrons. The van der Waals surface area contributed by atoms with Crippen molar-refractivity contribution in [3.63, 3.8) is 0 Å². The molecule has 4 heteroatoms. The fourth-order valence-corrected chi connectivity index (χ4v) is 2.04. The van der Waals surface area contributed by atoms with Crippen molar-refractivity contribution in [1.29, 1.82) is 0 Å². The summed E-state index contributed by atoms with van der Waals surface area (Å²) in [6.45, 7) is 3.63. The minimum atomic E-state index is -2.45. The number of alkyl halides is 2. The Morgan fingerprint density at radius 3 is 2.50 bits per heavy atom. The van der Waals surface area contributed by atoms with E-state index in [1.807, 2.05) is 0 Å². The van der Waals surface area contributed by atoms with Crippen LogP contribution in [0.4, 0.5) is 8.78 Å². The van der Waals surface area contributed by atoms with Crippen LogP contribution >= 0.6 is 0 Å². The summed E-state index contributed by atoms with van der Waals surface area (Å²) in [4.78, 5) is 0. The van der Waals surface area contributed by atoms with Gasteiger partial charge in [-0.3, -0.25) is 11.3 Å². The fourth-order valence-electron chi connectivity index (χ4n) is 2.04. The van der Waals surface area contributed by atoms with E-state index in [9.17, 15) is 8.78 Å². The average molecular weight is 204 g/mol. The van der Waals surface area contributed by atoms with Crippen LogP contribution in [-0.4, -0.2) is 12.0 Å². The lowest BCUT2D eigenvalue weighted by molar-refractivity contribution is -0.0494. The van der Waals surface area contributed by atoms with Gasteiger partial charge in [0.2, 0.25) is 5.92 Å². The molecule has 1 aliphatic carbocycles. The van der Waals surface area contributed by atoms with Crippen molar-refractivity contribution >= 4 is 0 Å². The van der Waals surface area contributed by atoms with Gasteiger partial charge in [-0.2, -0.15) is 0 Å². The molecule has 1 aliphatic rings. The standard InChI is InChI=1S/C10H18F2N2/c1-2-3-9(14-13)8-4-6-10(11,12)7-5-8/h2,8-9,14H,1,3-7,13H2. The van der Waals surface area contributed by atoms with E-state index in [0.29, 0.717) is 12.8 Å². The van der Waals surface area contributed by atoms with Gasteiger partial charge in [-0.25, -0.2) is 8.78 Å². The van der Waals surface area contributed by atoms with Gasteiger partial charge in [-0.15, -0.1) is 6.58 Å². The first-order valence-corrected chi connectivity index (χ1v) is 5.04. The third-order valence-electron chi connectivity index (χ3n) is 2.97. The molecule has 0 radical (unpaired) electrons. The molecule has 0 bridgehead atoms. The van der Waals surface area contributed by atoms with Crippen molar-refractivity contribution in [2.75, 3.05) is 0 Å². The van der Waals surface area contributed by atoms with Crippen molar-refractivity contribution < 1.29 is 8.78 Å². The zero-order chi connectivity index (χ0) is 10.6. The van der Waals surface area contributed by atoms with Crippen LogP contribution in [0.15, 0.2) is 12.7 Å². The topological polar surface area (TPSA) is 38.0 Å². The third-order valence-corrected chi connectivity index (χ3v) is 2.97. The highest BCUT2D eigenvalue weighted by atomic mass is 19.3. The van der Waals surface area contributed by atoms with Gasteiger partial charge in [0.15, 0.2) is 0 Å². The molecule has 1 rings (SSSR count). The highest BCUT2D eigenvalue weighted by molar-refractivity contribution is 4.87. The molecule has 2 nitrogen and oxygen atoms in total. The molecule has 1 fully saturated rings. The minimum Gasteiger partial charge on any atom is -0.271 e. The molecule has 0 aromatic carbocycles. The van der Waals surface area contributed by atoms with E-state index in [2.05, 4.69) is 12.0 Å². The maximum absolute atomic E-state index is 12.9. The maximum Gasteiger partial charge on any atom is 0.248 e. The molecule has 0 aliphatic heterocycles. The summed E-state index contributed by atoms with van der Waals surface area (Å²) in [5.74, 6) is 3.18. The lowest BCUT2D eigenvalue weighted by Crippen LogP contribution is -2.43. The first-order valence-electron chi connectivity index (χ1n) is 5.04. The van der Waals surface area contributed by atoms with Crippen molar-refractivity contribution in [3.8, 4) is 0 Å². The fraction of sp³-hybridized carbons (Fsp3) is 0.800. The van der Waals surface area contributed by atoms with Gasteiger partial charge >= 0.3 is 0 Å². The first kappa shape index (κ1) is 11.6. The molecule has 0 aromatic heterocycles. The molecule has 0 spiro atoms. The van der Waals surface area contributed by atoms with Gasteiger partial charge in [-0.05, 0) is 25.2 Å². The SMILES string of the molecule is C=CCC(NN)C1CCC(F)(F)CC1. The Hall–Kier alpha value is -0.480. The van der Waals surface area contributed by atoms with E-state index < -0.39 is 5.92 Å². The molecule has 0 aromatic rings. The van der Waals surface area contributed by atoms with Crippen LogP contribution in [0.2, 0.25) is 0 Å². The first-order chi connectivity index (χ1) is 6.59. The molecule has 1 unspecified atom stereocenters. The third kappa shape index (κ3) is 3.03. The maximum atomic E-state index is 12.9. The monoisotopic (exact) mass is 204 g/mol. The second kappa shape index (κ2) is 4.84. The molecule has 1 atom stereocenters. The summed E-state index contributed by atoms with van der Waals surface area (Å²) < 4.78 is 25.7. The zero-order valence-electron chi connectivity index (χ0n) is 8.31. The summed E-state index contributed by atoms with van der Waals surface area (Å²) in [7, 11) is 0. The summed E-state index contributed by atoms with van der Waals surface area (Å²) in [5.41, 5.74) is 2.68. The lowest BCUT2D eigenvalue weighted by atomic mass is 9.81. The zero-order valence-corrected chi connectivity index (χ0v) is 8.31. The number of hydrazine groups is 1. The number of hydrogen-bond donors (Lipinski definition) is 2. The number of halogens is 2. The quantitative estimate of drug-likeness (QED) is 0.418. The Bertz CT molecular complexity index is 185. The van der Waals surface area contributed by atoms with Crippen molar-refractivity contribution in [2.24, 2.45) is 11.8 Å². The van der Waals surface area contributed by atoms with Crippen LogP contribution in [0.25, 0.3) is 0 Å². The van der Waals surface area contributed by atoms with Crippen molar-refractivity contribution in [1.82, 2.24) is 5.43 Å². The summed E-state index contributed by atoms with van der Waals surface area (Å²) in [5, 5.41) is 0. The van der Waals surface area contributed by atoms with Gasteiger partial charge in [0.25, 0.3) is 0 Å². The second-order valence-electron chi connectivity index (χ2n) is 3.99. The van der Waals surface area contributed by atoms with Crippen molar-refractivity contribution in [2.45, 2.75) is 44.1 Å². The highest BCUT2D eigenvalue weighted by Gasteiger charge is 2.36. The molecule has 14 heavy (non-hydrogen) atoms. The molecule has 0 saturated heterocycles. The van der Waals surface area contributed by atoms with Gasteiger partial charge in [0, 0.05) is 18.9 Å². The van der Waals surface area contributed by atoms with Crippen LogP contribution < -0.4 is 11.3 Å². The normalized spacial score (nSPS) is 24.5. The van der Waals surface area contributed by atoms with Gasteiger partial charge in [0.05, 0.1) is 0 Å².